The van der Waals surface area contributed by atoms with Gasteiger partial charge in [0, 0.05) is 5.56 Å². The molecule has 3 aromatic carbocycles. The minimum atomic E-state index is -4.20. The molecule has 0 bridgehead atoms. The fraction of sp³-hybridized carbons (Fsp3) is 0.333. The Morgan fingerprint density at radius 2 is 1.75 bits per heavy atom. The molecule has 0 radical (unpaired) electrons. The van der Waals surface area contributed by atoms with Crippen molar-refractivity contribution in [2.24, 2.45) is 5.73 Å². The number of piperidine rings is 1. The average molecular weight is 613 g/mol. The summed E-state index contributed by atoms with van der Waals surface area (Å²) in [5, 5.41) is 13.1. The van der Waals surface area contributed by atoms with E-state index in [1.165, 1.54) is 0 Å². The molecule has 0 saturated carbocycles. The Morgan fingerprint density at radius 1 is 1.07 bits per heavy atom. The molecule has 0 atom stereocenters. The molecule has 0 unspecified atom stereocenters. The van der Waals surface area contributed by atoms with Crippen LogP contribution in [0, 0.1) is 5.41 Å². The Hall–Kier alpha value is -3.09. The predicted molar refractivity (Wildman–Crippen MR) is 162 cm³/mol. The van der Waals surface area contributed by atoms with Gasteiger partial charge >= 0.3 is 16.2 Å². The van der Waals surface area contributed by atoms with Crippen LogP contribution in [0.15, 0.2) is 60.7 Å². The molecule has 1 saturated heterocycles. The number of rotatable bonds is 11. The van der Waals surface area contributed by atoms with Crippen molar-refractivity contribution in [3.05, 3.63) is 71.8 Å². The molecule has 1 fully saturated rings. The SMILES string of the molecule is CCOC(=O)CNS(=O)(=O)N(Cc1ccc2ccccc2c1C(=N)N)c1ccc(OC2CCNCC2)cc1.Cl.Cl. The highest BCUT2D eigenvalue weighted by atomic mass is 35.5. The van der Waals surface area contributed by atoms with Crippen LogP contribution in [0.2, 0.25) is 0 Å². The zero-order valence-corrected chi connectivity index (χ0v) is 24.5. The highest BCUT2D eigenvalue weighted by Crippen LogP contribution is 2.28. The first-order valence-electron chi connectivity index (χ1n) is 12.5. The highest BCUT2D eigenvalue weighted by molar-refractivity contribution is 7.90. The second-order valence-corrected chi connectivity index (χ2v) is 10.6. The molecule has 10 nitrogen and oxygen atoms in total. The van der Waals surface area contributed by atoms with Crippen molar-refractivity contribution in [1.29, 1.82) is 5.41 Å². The number of esters is 1. The molecule has 0 aliphatic carbocycles. The van der Waals surface area contributed by atoms with Gasteiger partial charge in [0.2, 0.25) is 0 Å². The molecule has 0 spiro atoms. The smallest absolute Gasteiger partial charge is 0.321 e. The van der Waals surface area contributed by atoms with Crippen LogP contribution in [-0.4, -0.2) is 52.6 Å². The minimum absolute atomic E-state index is 0. The molecule has 0 aromatic heterocycles. The molecule has 1 heterocycles. The van der Waals surface area contributed by atoms with E-state index in [4.69, 9.17) is 20.6 Å². The number of nitrogens with zero attached hydrogens (tertiary/aromatic N) is 1. The van der Waals surface area contributed by atoms with Crippen LogP contribution in [0.3, 0.4) is 0 Å². The van der Waals surface area contributed by atoms with Crippen molar-refractivity contribution >= 4 is 63.3 Å². The monoisotopic (exact) mass is 611 g/mol. The lowest BCUT2D eigenvalue weighted by Crippen LogP contribution is -2.43. The summed E-state index contributed by atoms with van der Waals surface area (Å²) < 4.78 is 41.4. The topological polar surface area (TPSA) is 147 Å². The summed E-state index contributed by atoms with van der Waals surface area (Å²) in [7, 11) is -4.20. The fourth-order valence-corrected chi connectivity index (χ4v) is 5.64. The molecule has 0 amide bonds. The number of nitrogen functional groups attached to an aromatic ring is 1. The lowest BCUT2D eigenvalue weighted by Gasteiger charge is -2.27. The Morgan fingerprint density at radius 3 is 2.40 bits per heavy atom. The third-order valence-electron chi connectivity index (χ3n) is 6.31. The number of hydrogen-bond donors (Lipinski definition) is 4. The molecule has 40 heavy (non-hydrogen) atoms. The number of nitrogens with one attached hydrogen (secondary N) is 3. The summed E-state index contributed by atoms with van der Waals surface area (Å²) in [5.74, 6) is -0.205. The summed E-state index contributed by atoms with van der Waals surface area (Å²) in [6, 6.07) is 17.9. The van der Waals surface area contributed by atoms with E-state index < -0.39 is 22.7 Å². The van der Waals surface area contributed by atoms with Gasteiger partial charge in [0.15, 0.2) is 0 Å². The first-order chi connectivity index (χ1) is 18.3. The summed E-state index contributed by atoms with van der Waals surface area (Å²) >= 11 is 0. The van der Waals surface area contributed by atoms with Crippen molar-refractivity contribution in [3.8, 4) is 5.75 Å². The van der Waals surface area contributed by atoms with Crippen LogP contribution in [0.5, 0.6) is 5.75 Å². The lowest BCUT2D eigenvalue weighted by molar-refractivity contribution is -0.141. The van der Waals surface area contributed by atoms with Gasteiger partial charge in [-0.3, -0.25) is 14.5 Å². The Labute approximate surface area is 247 Å². The van der Waals surface area contributed by atoms with Crippen LogP contribution in [0.25, 0.3) is 10.8 Å². The summed E-state index contributed by atoms with van der Waals surface area (Å²) in [4.78, 5) is 11.9. The van der Waals surface area contributed by atoms with Gasteiger partial charge in [-0.15, -0.1) is 24.8 Å². The largest absolute Gasteiger partial charge is 0.490 e. The third-order valence-corrected chi connectivity index (χ3v) is 7.74. The fourth-order valence-electron chi connectivity index (χ4n) is 4.47. The molecular weight excluding hydrogens is 577 g/mol. The first kappa shape index (κ1) is 33.1. The van der Waals surface area contributed by atoms with Crippen LogP contribution >= 0.6 is 24.8 Å². The van der Waals surface area contributed by atoms with Crippen LogP contribution in [-0.2, 0) is 26.3 Å². The van der Waals surface area contributed by atoms with Gasteiger partial charge < -0.3 is 20.5 Å². The number of amidine groups is 1. The van der Waals surface area contributed by atoms with E-state index in [2.05, 4.69) is 10.0 Å². The molecule has 5 N–H and O–H groups in total. The maximum absolute atomic E-state index is 13.5. The van der Waals surface area contributed by atoms with Gasteiger partial charge in [-0.25, -0.2) is 0 Å². The van der Waals surface area contributed by atoms with E-state index >= 15 is 0 Å². The molecule has 218 valence electrons. The summed E-state index contributed by atoms with van der Waals surface area (Å²) in [6.45, 7) is 2.95. The second kappa shape index (κ2) is 15.1. The number of carbonyl (C=O) groups is 1. The first-order valence-corrected chi connectivity index (χ1v) is 14.0. The van der Waals surface area contributed by atoms with Crippen molar-refractivity contribution in [2.45, 2.75) is 32.4 Å². The van der Waals surface area contributed by atoms with Gasteiger partial charge in [0.1, 0.15) is 24.2 Å². The van der Waals surface area contributed by atoms with Crippen LogP contribution in [0.4, 0.5) is 5.69 Å². The van der Waals surface area contributed by atoms with Gasteiger partial charge in [-0.05, 0) is 73.5 Å². The van der Waals surface area contributed by atoms with Gasteiger partial charge in [0.25, 0.3) is 0 Å². The van der Waals surface area contributed by atoms with Crippen molar-refractivity contribution < 1.29 is 22.7 Å². The van der Waals surface area contributed by atoms with E-state index in [0.717, 1.165) is 41.0 Å². The average Bonchev–Trinajstić information content (AvgIpc) is 2.91. The number of carbonyl (C=O) groups excluding carboxylic acids is 1. The summed E-state index contributed by atoms with van der Waals surface area (Å²) in [6.07, 6.45) is 1.90. The van der Waals surface area contributed by atoms with Gasteiger partial charge in [-0.1, -0.05) is 36.4 Å². The number of hydrogen-bond acceptors (Lipinski definition) is 7. The number of ether oxygens (including phenoxy) is 2. The minimum Gasteiger partial charge on any atom is -0.490 e. The van der Waals surface area contributed by atoms with E-state index in [0.29, 0.717) is 22.6 Å². The van der Waals surface area contributed by atoms with E-state index in [9.17, 15) is 13.2 Å². The predicted octanol–water partition coefficient (Wildman–Crippen LogP) is 3.50. The van der Waals surface area contributed by atoms with Crippen LogP contribution < -0.4 is 24.8 Å². The lowest BCUT2D eigenvalue weighted by atomic mass is 9.98. The number of fused-ring (bicyclic) bond motifs is 1. The Balaban J connectivity index is 0.00000280. The van der Waals surface area contributed by atoms with E-state index in [1.54, 1.807) is 37.3 Å². The Bertz CT molecular complexity index is 1400. The summed E-state index contributed by atoms with van der Waals surface area (Å²) in [5.41, 5.74) is 7.33. The number of halogens is 2. The molecule has 3 aromatic rings. The van der Waals surface area contributed by atoms with Crippen molar-refractivity contribution in [2.75, 3.05) is 30.5 Å². The maximum Gasteiger partial charge on any atom is 0.321 e. The standard InChI is InChI=1S/C27H33N5O5S.2ClH/c1-2-36-25(33)17-31-38(34,35)32(21-9-11-22(12-10-21)37-23-13-15-30-16-14-23)18-20-8-7-19-5-3-4-6-24(19)26(20)27(28)29;;/h3-12,23,30-31H,2,13-18H2,1H3,(H3,28,29);2*1H. The normalized spacial score (nSPS) is 13.5. The van der Waals surface area contributed by atoms with Crippen LogP contribution in [0.1, 0.15) is 30.9 Å². The quantitative estimate of drug-likeness (QED) is 0.147. The van der Waals surface area contributed by atoms with Crippen molar-refractivity contribution in [3.63, 3.8) is 0 Å². The van der Waals surface area contributed by atoms with Gasteiger partial charge in [-0.2, -0.15) is 13.1 Å². The molecule has 1 aliphatic heterocycles. The highest BCUT2D eigenvalue weighted by Gasteiger charge is 2.26. The molecule has 4 rings (SSSR count). The third kappa shape index (κ3) is 8.21. The zero-order chi connectivity index (χ0) is 27.1. The maximum atomic E-state index is 13.5. The molecule has 1 aliphatic rings. The molecule has 13 heteroatoms. The van der Waals surface area contributed by atoms with Gasteiger partial charge in [0.05, 0.1) is 18.8 Å². The second-order valence-electron chi connectivity index (χ2n) is 8.93. The number of benzene rings is 3. The van der Waals surface area contributed by atoms with E-state index in [1.807, 2.05) is 30.3 Å². The zero-order valence-electron chi connectivity index (χ0n) is 22.1. The van der Waals surface area contributed by atoms with Crippen molar-refractivity contribution in [1.82, 2.24) is 10.0 Å². The number of nitrogens with two attached hydrogens (primary N) is 1. The number of anilines is 1. The van der Waals surface area contributed by atoms with E-state index in [-0.39, 0.29) is 49.9 Å². The molecular formula is C27H35Cl2N5O5S. The Kier molecular flexibility index (Phi) is 12.5.